The number of halogens is 1. The summed E-state index contributed by atoms with van der Waals surface area (Å²) in [6, 6.07) is 5.69. The Morgan fingerprint density at radius 3 is 3.00 bits per heavy atom. The van der Waals surface area contributed by atoms with Crippen LogP contribution in [0.2, 0.25) is 0 Å². The fourth-order valence-corrected chi connectivity index (χ4v) is 3.03. The minimum atomic E-state index is -0.836. The highest BCUT2D eigenvalue weighted by atomic mass is 19.1. The first-order chi connectivity index (χ1) is 15.4. The number of nitrogens with one attached hydrogen (secondary N) is 1. The number of nitrogens with two attached hydrogens (primary N) is 1. The summed E-state index contributed by atoms with van der Waals surface area (Å²) in [5.41, 5.74) is 8.44. The number of fused-ring (bicyclic) bond motifs is 1. The Labute approximate surface area is 183 Å². The van der Waals surface area contributed by atoms with E-state index in [-0.39, 0.29) is 0 Å². The summed E-state index contributed by atoms with van der Waals surface area (Å²) in [5.74, 6) is 5.44. The fraction of sp³-hybridized carbons (Fsp3) is 0.261. The number of hydrogen-bond donors (Lipinski definition) is 3. The minimum absolute atomic E-state index is 0.312. The first-order valence-corrected chi connectivity index (χ1v) is 9.90. The number of ether oxygens (including phenoxy) is 1. The van der Waals surface area contributed by atoms with Crippen LogP contribution in [0.15, 0.2) is 56.4 Å². The Bertz CT molecular complexity index is 1280. The van der Waals surface area contributed by atoms with Crippen molar-refractivity contribution >= 4 is 16.9 Å². The summed E-state index contributed by atoms with van der Waals surface area (Å²) in [4.78, 5) is 22.2. The molecule has 1 aromatic carbocycles. The molecule has 1 atom stereocenters. The number of H-pyrrole nitrogens is 1. The quantitative estimate of drug-likeness (QED) is 0.296. The summed E-state index contributed by atoms with van der Waals surface area (Å²) in [6.07, 6.45) is 3.21. The number of aliphatic imine (C=N–C) groups is 1. The maximum absolute atomic E-state index is 13.4. The topological polar surface area (TPSA) is 127 Å². The minimum Gasteiger partial charge on any atom is -0.493 e. The van der Waals surface area contributed by atoms with E-state index < -0.39 is 17.7 Å². The van der Waals surface area contributed by atoms with E-state index in [4.69, 9.17) is 14.9 Å². The molecule has 2 heterocycles. The van der Waals surface area contributed by atoms with Crippen LogP contribution in [-0.2, 0) is 0 Å². The molecule has 0 fully saturated rings. The second-order valence-electron chi connectivity index (χ2n) is 6.85. The van der Waals surface area contributed by atoms with Gasteiger partial charge in [0.2, 0.25) is 0 Å². The number of oxazole rings is 1. The van der Waals surface area contributed by atoms with Crippen molar-refractivity contribution in [2.24, 2.45) is 10.7 Å². The first kappa shape index (κ1) is 22.8. The first-order valence-electron chi connectivity index (χ1n) is 9.90. The number of benzene rings is 1. The fourth-order valence-electron chi connectivity index (χ4n) is 3.03. The van der Waals surface area contributed by atoms with Crippen LogP contribution in [0.4, 0.5) is 4.39 Å². The zero-order valence-corrected chi connectivity index (χ0v) is 17.7. The van der Waals surface area contributed by atoms with E-state index in [2.05, 4.69) is 26.8 Å². The van der Waals surface area contributed by atoms with Crippen molar-refractivity contribution < 1.29 is 18.7 Å². The molecule has 4 N–H and O–H groups in total. The number of pyridine rings is 1. The van der Waals surface area contributed by atoms with Gasteiger partial charge in [0.05, 0.1) is 24.0 Å². The average Bonchev–Trinajstić information content (AvgIpc) is 3.15. The van der Waals surface area contributed by atoms with Crippen molar-refractivity contribution in [3.05, 3.63) is 69.7 Å². The largest absolute Gasteiger partial charge is 0.493 e. The van der Waals surface area contributed by atoms with Crippen molar-refractivity contribution in [3.8, 4) is 17.6 Å². The molecule has 9 heteroatoms. The van der Waals surface area contributed by atoms with Crippen LogP contribution in [0.3, 0.4) is 0 Å². The maximum atomic E-state index is 13.4. The Balaban J connectivity index is 1.61. The van der Waals surface area contributed by atoms with Crippen LogP contribution in [0.25, 0.3) is 11.2 Å². The van der Waals surface area contributed by atoms with Crippen LogP contribution >= 0.6 is 0 Å². The third kappa shape index (κ3) is 5.42. The standard InChI is InChI=1S/C23H23FN4O4/c1-14(29)18-11-17(24)7-8-19(18)31-9-5-3-4-6-15(12-25)21(26-2)16-10-20-22(27-13-16)28-23(30)32-20/h7-8,10-14,29H,3,5,9,25H2,1-2H3,(H,27,28,30)/b15-12-,26-21?. The Hall–Kier alpha value is -3.90. The molecular weight excluding hydrogens is 415 g/mol. The van der Waals surface area contributed by atoms with E-state index in [0.29, 0.717) is 58.8 Å². The molecule has 166 valence electrons. The maximum Gasteiger partial charge on any atom is 0.418 e. The number of allylic oxidation sites excluding steroid dienone is 1. The number of rotatable bonds is 7. The van der Waals surface area contributed by atoms with Gasteiger partial charge in [0.15, 0.2) is 11.2 Å². The van der Waals surface area contributed by atoms with Crippen molar-refractivity contribution in [3.63, 3.8) is 0 Å². The summed E-state index contributed by atoms with van der Waals surface area (Å²) < 4.78 is 24.1. The Morgan fingerprint density at radius 2 is 2.28 bits per heavy atom. The van der Waals surface area contributed by atoms with E-state index in [1.165, 1.54) is 24.4 Å². The second-order valence-corrected chi connectivity index (χ2v) is 6.85. The third-order valence-corrected chi connectivity index (χ3v) is 4.54. The average molecular weight is 438 g/mol. The molecule has 0 radical (unpaired) electrons. The molecule has 32 heavy (non-hydrogen) atoms. The van der Waals surface area contributed by atoms with Gasteiger partial charge in [0.25, 0.3) is 0 Å². The molecule has 3 aromatic rings. The number of aromatic amines is 1. The highest BCUT2D eigenvalue weighted by Gasteiger charge is 2.12. The number of aliphatic hydroxyl groups is 1. The number of aliphatic hydroxyl groups excluding tert-OH is 1. The van der Waals surface area contributed by atoms with Gasteiger partial charge < -0.3 is 20.0 Å². The molecule has 0 bridgehead atoms. The van der Waals surface area contributed by atoms with Crippen LogP contribution in [0.1, 0.15) is 37.0 Å². The van der Waals surface area contributed by atoms with E-state index in [0.717, 1.165) is 0 Å². The van der Waals surface area contributed by atoms with E-state index in [1.807, 2.05) is 0 Å². The van der Waals surface area contributed by atoms with E-state index >= 15 is 0 Å². The van der Waals surface area contributed by atoms with Crippen LogP contribution in [0.5, 0.6) is 5.75 Å². The van der Waals surface area contributed by atoms with Gasteiger partial charge in [-0.1, -0.05) is 11.8 Å². The van der Waals surface area contributed by atoms with Gasteiger partial charge in [0.1, 0.15) is 11.6 Å². The molecular formula is C23H23FN4O4. The molecule has 0 aliphatic heterocycles. The van der Waals surface area contributed by atoms with Crippen molar-refractivity contribution in [2.45, 2.75) is 25.9 Å². The predicted molar refractivity (Wildman–Crippen MR) is 119 cm³/mol. The van der Waals surface area contributed by atoms with Gasteiger partial charge in [0, 0.05) is 37.0 Å². The zero-order chi connectivity index (χ0) is 23.1. The SMILES string of the molecule is CN=C(/C(C#CCCCOc1ccc(F)cc1C(C)O)=C\N)c1cnc2[nH]c(=O)oc2c1. The summed E-state index contributed by atoms with van der Waals surface area (Å²) in [6.45, 7) is 1.90. The zero-order valence-electron chi connectivity index (χ0n) is 17.7. The Morgan fingerprint density at radius 1 is 1.47 bits per heavy atom. The van der Waals surface area contributed by atoms with Crippen molar-refractivity contribution in [1.82, 2.24) is 9.97 Å². The van der Waals surface area contributed by atoms with Gasteiger partial charge in [-0.3, -0.25) is 9.98 Å². The van der Waals surface area contributed by atoms with Crippen molar-refractivity contribution in [1.29, 1.82) is 0 Å². The third-order valence-electron chi connectivity index (χ3n) is 4.54. The molecule has 2 aromatic heterocycles. The van der Waals surface area contributed by atoms with E-state index in [9.17, 15) is 14.3 Å². The lowest BCUT2D eigenvalue weighted by molar-refractivity contribution is 0.190. The van der Waals surface area contributed by atoms with Crippen molar-refractivity contribution in [2.75, 3.05) is 13.7 Å². The molecule has 3 rings (SSSR count). The summed E-state index contributed by atoms with van der Waals surface area (Å²) in [7, 11) is 1.61. The highest BCUT2D eigenvalue weighted by molar-refractivity contribution is 6.15. The highest BCUT2D eigenvalue weighted by Crippen LogP contribution is 2.26. The summed E-state index contributed by atoms with van der Waals surface area (Å²) in [5, 5.41) is 9.76. The van der Waals surface area contributed by atoms with Crippen LogP contribution in [-0.4, -0.2) is 34.4 Å². The number of hydrogen-bond acceptors (Lipinski definition) is 7. The number of nitrogens with zero attached hydrogens (tertiary/aromatic N) is 2. The molecule has 0 spiro atoms. The molecule has 0 amide bonds. The molecule has 1 unspecified atom stereocenters. The lowest BCUT2D eigenvalue weighted by Crippen LogP contribution is -2.07. The molecule has 0 aliphatic rings. The predicted octanol–water partition coefficient (Wildman–Crippen LogP) is 2.83. The summed E-state index contributed by atoms with van der Waals surface area (Å²) >= 11 is 0. The normalized spacial score (nSPS) is 13.0. The molecule has 8 nitrogen and oxygen atoms in total. The smallest absolute Gasteiger partial charge is 0.418 e. The van der Waals surface area contributed by atoms with Crippen LogP contribution in [0, 0.1) is 17.7 Å². The number of unbranched alkanes of at least 4 members (excludes halogenated alkanes) is 1. The monoisotopic (exact) mass is 438 g/mol. The molecule has 0 saturated heterocycles. The Kier molecular flexibility index (Phi) is 7.41. The lowest BCUT2D eigenvalue weighted by Gasteiger charge is -2.13. The number of aromatic nitrogens is 2. The lowest BCUT2D eigenvalue weighted by atomic mass is 10.0. The molecule has 0 aliphatic carbocycles. The van der Waals surface area contributed by atoms with Gasteiger partial charge >= 0.3 is 5.76 Å². The van der Waals surface area contributed by atoms with Gasteiger partial charge in [-0.2, -0.15) is 0 Å². The molecule has 0 saturated carbocycles. The van der Waals surface area contributed by atoms with Gasteiger partial charge in [-0.05, 0) is 37.6 Å². The van der Waals surface area contributed by atoms with E-state index in [1.54, 1.807) is 26.2 Å². The van der Waals surface area contributed by atoms with Gasteiger partial charge in [-0.15, -0.1) is 0 Å². The van der Waals surface area contributed by atoms with Gasteiger partial charge in [-0.25, -0.2) is 14.2 Å². The van der Waals surface area contributed by atoms with Crippen LogP contribution < -0.4 is 16.2 Å². The second kappa shape index (κ2) is 10.4.